The van der Waals surface area contributed by atoms with Crippen molar-refractivity contribution >= 4 is 23.5 Å². The van der Waals surface area contributed by atoms with Crippen LogP contribution in [-0.4, -0.2) is 62.0 Å². The third-order valence-corrected chi connectivity index (χ3v) is 6.35. The Kier molecular flexibility index (Phi) is 7.30. The molecule has 0 spiro atoms. The first-order valence-corrected chi connectivity index (χ1v) is 10.5. The average molecular weight is 434 g/mol. The highest BCUT2D eigenvalue weighted by molar-refractivity contribution is 6.02. The van der Waals surface area contributed by atoms with Gasteiger partial charge in [0.1, 0.15) is 0 Å². The molecule has 0 saturated carbocycles. The van der Waals surface area contributed by atoms with Gasteiger partial charge in [-0.2, -0.15) is 0 Å². The molecule has 2 aliphatic rings. The smallest absolute Gasteiger partial charge is 0.336 e. The molecule has 2 aliphatic heterocycles. The van der Waals surface area contributed by atoms with E-state index in [1.165, 1.54) is 0 Å². The number of amides is 2. The van der Waals surface area contributed by atoms with Crippen molar-refractivity contribution in [1.29, 1.82) is 0 Å². The first-order chi connectivity index (χ1) is 14.8. The van der Waals surface area contributed by atoms with Crippen molar-refractivity contribution in [3.8, 4) is 0 Å². The van der Waals surface area contributed by atoms with E-state index in [0.29, 0.717) is 17.9 Å². The molecule has 1 atom stereocenters. The molecule has 170 valence electrons. The number of carbonyl (C=O) groups excluding carboxylic acids is 2. The van der Waals surface area contributed by atoms with Gasteiger partial charge in [0.15, 0.2) is 6.29 Å². The molecule has 9 nitrogen and oxygen atoms in total. The van der Waals surface area contributed by atoms with Crippen molar-refractivity contribution in [3.05, 3.63) is 29.3 Å². The van der Waals surface area contributed by atoms with Crippen molar-refractivity contribution in [3.63, 3.8) is 0 Å². The summed E-state index contributed by atoms with van der Waals surface area (Å²) < 4.78 is 10.7. The minimum absolute atomic E-state index is 0.203. The molecule has 9 heteroatoms. The van der Waals surface area contributed by atoms with Crippen LogP contribution in [0.5, 0.6) is 0 Å². The zero-order valence-electron chi connectivity index (χ0n) is 18.3. The van der Waals surface area contributed by atoms with Crippen LogP contribution in [0.25, 0.3) is 0 Å². The molecule has 0 aromatic heterocycles. The van der Waals surface area contributed by atoms with E-state index in [9.17, 15) is 19.5 Å². The molecular formula is C22H31N3O6. The second-order valence-electron chi connectivity index (χ2n) is 8.37. The average Bonchev–Trinajstić information content (AvgIpc) is 2.76. The minimum Gasteiger partial charge on any atom is -0.478 e. The van der Waals surface area contributed by atoms with Gasteiger partial charge in [0.2, 0.25) is 11.8 Å². The summed E-state index contributed by atoms with van der Waals surface area (Å²) in [5.74, 6) is -1.37. The van der Waals surface area contributed by atoms with Gasteiger partial charge >= 0.3 is 5.97 Å². The van der Waals surface area contributed by atoms with E-state index in [2.05, 4.69) is 15.5 Å². The Hall–Kier alpha value is -2.49. The van der Waals surface area contributed by atoms with Crippen LogP contribution in [0.3, 0.4) is 0 Å². The summed E-state index contributed by atoms with van der Waals surface area (Å²) in [6.07, 6.45) is 2.19. The van der Waals surface area contributed by atoms with Gasteiger partial charge in [0.25, 0.3) is 0 Å². The predicted molar refractivity (Wildman–Crippen MR) is 114 cm³/mol. The first-order valence-electron chi connectivity index (χ1n) is 10.5. The Balaban J connectivity index is 1.68. The second kappa shape index (κ2) is 9.76. The van der Waals surface area contributed by atoms with Gasteiger partial charge < -0.3 is 19.5 Å². The number of hydrogen-bond donors (Lipinski definition) is 3. The fraction of sp³-hybridized carbons (Fsp3) is 0.591. The van der Waals surface area contributed by atoms with E-state index in [1.807, 2.05) is 6.07 Å². The Morgan fingerprint density at radius 1 is 1.29 bits per heavy atom. The number of carboxylic acid groups (broad SMARTS) is 1. The van der Waals surface area contributed by atoms with Crippen LogP contribution in [0.1, 0.15) is 48.5 Å². The lowest BCUT2D eigenvalue weighted by molar-refractivity contribution is -0.141. The molecule has 2 saturated heterocycles. The highest BCUT2D eigenvalue weighted by atomic mass is 16.7. The van der Waals surface area contributed by atoms with Crippen LogP contribution in [0.15, 0.2) is 18.2 Å². The molecular weight excluding hydrogens is 402 g/mol. The fourth-order valence-corrected chi connectivity index (χ4v) is 4.29. The number of benzene rings is 1. The molecule has 3 N–H and O–H groups in total. The van der Waals surface area contributed by atoms with Crippen molar-refractivity contribution < 1.29 is 29.0 Å². The summed E-state index contributed by atoms with van der Waals surface area (Å²) in [6.45, 7) is 3.51. The van der Waals surface area contributed by atoms with Gasteiger partial charge in [-0.3, -0.25) is 20.2 Å². The summed E-state index contributed by atoms with van der Waals surface area (Å²) in [5.41, 5.74) is 0.743. The van der Waals surface area contributed by atoms with Crippen molar-refractivity contribution in [1.82, 2.24) is 10.6 Å². The molecule has 0 bridgehead atoms. The van der Waals surface area contributed by atoms with Crippen LogP contribution in [-0.2, 0) is 25.6 Å². The van der Waals surface area contributed by atoms with E-state index < -0.39 is 11.5 Å². The molecule has 2 amide bonds. The summed E-state index contributed by atoms with van der Waals surface area (Å²) >= 11 is 0. The van der Waals surface area contributed by atoms with E-state index in [1.54, 1.807) is 33.3 Å². The topological polar surface area (TPSA) is 117 Å². The number of aromatic carboxylic acids is 1. The number of nitrogens with one attached hydrogen (secondary N) is 2. The van der Waals surface area contributed by atoms with Crippen molar-refractivity contribution in [2.24, 2.45) is 5.92 Å². The normalized spacial score (nSPS) is 22.6. The molecule has 31 heavy (non-hydrogen) atoms. The van der Waals surface area contributed by atoms with Crippen LogP contribution >= 0.6 is 0 Å². The zero-order valence-corrected chi connectivity index (χ0v) is 18.3. The maximum Gasteiger partial charge on any atom is 0.336 e. The number of ether oxygens (including phenoxy) is 2. The minimum atomic E-state index is -1.01. The maximum atomic E-state index is 12.2. The van der Waals surface area contributed by atoms with Gasteiger partial charge in [-0.15, -0.1) is 0 Å². The number of carbonyl (C=O) groups is 3. The van der Waals surface area contributed by atoms with Gasteiger partial charge in [-0.05, 0) is 43.9 Å². The van der Waals surface area contributed by atoms with Crippen LogP contribution < -0.4 is 15.5 Å². The third-order valence-electron chi connectivity index (χ3n) is 6.35. The predicted octanol–water partition coefficient (Wildman–Crippen LogP) is 1.51. The van der Waals surface area contributed by atoms with Crippen LogP contribution in [0.4, 0.5) is 5.69 Å². The first kappa shape index (κ1) is 23.2. The maximum absolute atomic E-state index is 12.2. The number of anilines is 1. The lowest BCUT2D eigenvalue weighted by Gasteiger charge is -2.36. The van der Waals surface area contributed by atoms with Gasteiger partial charge in [0, 0.05) is 51.9 Å². The van der Waals surface area contributed by atoms with Gasteiger partial charge in [0.05, 0.1) is 11.1 Å². The fourth-order valence-electron chi connectivity index (χ4n) is 4.29. The van der Waals surface area contributed by atoms with Crippen LogP contribution in [0.2, 0.25) is 0 Å². The van der Waals surface area contributed by atoms with Gasteiger partial charge in [-0.25, -0.2) is 4.79 Å². The Morgan fingerprint density at radius 3 is 2.55 bits per heavy atom. The van der Waals surface area contributed by atoms with Crippen molar-refractivity contribution in [2.45, 2.75) is 51.0 Å². The summed E-state index contributed by atoms with van der Waals surface area (Å²) in [7, 11) is 3.28. The number of rotatable bonds is 8. The van der Waals surface area contributed by atoms with Gasteiger partial charge in [-0.1, -0.05) is 6.07 Å². The molecule has 0 aliphatic carbocycles. The summed E-state index contributed by atoms with van der Waals surface area (Å²) in [5, 5.41) is 15.2. The van der Waals surface area contributed by atoms with E-state index in [4.69, 9.17) is 9.47 Å². The quantitative estimate of drug-likeness (QED) is 0.417. The molecule has 3 rings (SSSR count). The third kappa shape index (κ3) is 5.23. The summed E-state index contributed by atoms with van der Waals surface area (Å²) in [4.78, 5) is 37.7. The zero-order chi connectivity index (χ0) is 22.6. The van der Waals surface area contributed by atoms with E-state index in [-0.39, 0.29) is 36.6 Å². The number of piperidine rings is 2. The second-order valence-corrected chi connectivity index (χ2v) is 8.37. The molecule has 0 radical (unpaired) electrons. The number of imide groups is 1. The summed E-state index contributed by atoms with van der Waals surface area (Å²) in [6, 6.07) is 5.40. The largest absolute Gasteiger partial charge is 0.478 e. The molecule has 1 unspecified atom stereocenters. The van der Waals surface area contributed by atoms with Crippen LogP contribution in [0, 0.1) is 5.92 Å². The number of methoxy groups -OCH3 is 2. The lowest BCUT2D eigenvalue weighted by atomic mass is 9.90. The monoisotopic (exact) mass is 433 g/mol. The number of carboxylic acids is 1. The Labute approximate surface area is 182 Å². The Morgan fingerprint density at radius 2 is 1.97 bits per heavy atom. The van der Waals surface area contributed by atoms with E-state index in [0.717, 1.165) is 31.6 Å². The Bertz CT molecular complexity index is 833. The molecule has 1 aromatic carbocycles. The lowest BCUT2D eigenvalue weighted by Crippen LogP contribution is -2.59. The molecule has 1 aromatic rings. The molecule has 2 fully saturated rings. The van der Waals surface area contributed by atoms with Crippen molar-refractivity contribution in [2.75, 3.05) is 32.2 Å². The molecule has 2 heterocycles. The van der Waals surface area contributed by atoms with E-state index >= 15 is 0 Å². The number of nitrogens with zero attached hydrogens (tertiary/aromatic N) is 1. The SMILES string of the molecule is COC(OC)C1CCN(c2ccc(CNC3(C)CCC(=O)NC3=O)c(C(=O)O)c2)CC1. The highest BCUT2D eigenvalue weighted by Crippen LogP contribution is 2.28. The number of hydrogen-bond acceptors (Lipinski definition) is 7. The highest BCUT2D eigenvalue weighted by Gasteiger charge is 2.38. The standard InChI is InChI=1S/C22H31N3O6/c1-22(9-6-18(26)24-21(22)29)23-13-15-4-5-16(12-17(15)19(27)28)25-10-7-14(8-11-25)20(30-2)31-3/h4-5,12,14,20,23H,6-11,13H2,1-3H3,(H,27,28)(H,24,26,29).